The summed E-state index contributed by atoms with van der Waals surface area (Å²) in [5.74, 6) is 2.65. The first-order valence-corrected chi connectivity index (χ1v) is 7.48. The summed E-state index contributed by atoms with van der Waals surface area (Å²) in [6, 6.07) is 8.71. The van der Waals surface area contributed by atoms with E-state index < -0.39 is 0 Å². The molecule has 0 saturated carbocycles. The van der Waals surface area contributed by atoms with Crippen molar-refractivity contribution >= 4 is 5.84 Å². The Morgan fingerprint density at radius 2 is 1.44 bits per heavy atom. The third kappa shape index (κ3) is 4.06. The molecule has 0 aliphatic heterocycles. The Labute approximate surface area is 146 Å². The van der Waals surface area contributed by atoms with E-state index in [9.17, 15) is 0 Å². The van der Waals surface area contributed by atoms with E-state index in [1.807, 2.05) is 12.1 Å². The lowest BCUT2D eigenvalue weighted by molar-refractivity contribution is 0.281. The summed E-state index contributed by atoms with van der Waals surface area (Å²) in [5, 5.41) is 7.48. The van der Waals surface area contributed by atoms with E-state index in [-0.39, 0.29) is 12.4 Å². The van der Waals surface area contributed by atoms with Crippen LogP contribution in [0.3, 0.4) is 0 Å². The molecule has 0 unspecified atom stereocenters. The zero-order chi connectivity index (χ0) is 18.4. The van der Waals surface area contributed by atoms with E-state index in [2.05, 4.69) is 0 Å². The molecule has 0 saturated heterocycles. The zero-order valence-corrected chi connectivity index (χ0v) is 14.7. The lowest BCUT2D eigenvalue weighted by atomic mass is 10.1. The Balaban J connectivity index is 2.25. The second kappa shape index (κ2) is 8.14. The third-order valence-corrected chi connectivity index (χ3v) is 3.59. The van der Waals surface area contributed by atoms with Crippen LogP contribution in [-0.2, 0) is 6.61 Å². The van der Waals surface area contributed by atoms with Crippen molar-refractivity contribution in [3.05, 3.63) is 41.5 Å². The SMILES string of the molecule is COc1cc(C(=N)N)ccc1OCc1cc(OC)c(OC)c(OC)c1. The van der Waals surface area contributed by atoms with Gasteiger partial charge in [0, 0.05) is 5.56 Å². The van der Waals surface area contributed by atoms with Gasteiger partial charge in [-0.15, -0.1) is 0 Å². The molecule has 0 aliphatic rings. The van der Waals surface area contributed by atoms with Crippen LogP contribution in [0.5, 0.6) is 28.7 Å². The van der Waals surface area contributed by atoms with Gasteiger partial charge >= 0.3 is 0 Å². The van der Waals surface area contributed by atoms with Gasteiger partial charge in [0.05, 0.1) is 28.4 Å². The van der Waals surface area contributed by atoms with Crippen LogP contribution in [0.25, 0.3) is 0 Å². The molecule has 3 N–H and O–H groups in total. The average Bonchev–Trinajstić information content (AvgIpc) is 2.64. The molecule has 0 radical (unpaired) electrons. The number of hydrogen-bond donors (Lipinski definition) is 2. The van der Waals surface area contributed by atoms with Crippen molar-refractivity contribution in [2.24, 2.45) is 5.73 Å². The maximum Gasteiger partial charge on any atom is 0.203 e. The van der Waals surface area contributed by atoms with Gasteiger partial charge in [-0.25, -0.2) is 0 Å². The molecule has 0 spiro atoms. The van der Waals surface area contributed by atoms with Crippen molar-refractivity contribution in [2.75, 3.05) is 28.4 Å². The molecule has 2 aromatic carbocycles. The molecule has 0 heterocycles. The monoisotopic (exact) mass is 346 g/mol. The standard InChI is InChI=1S/C18H22N2O5/c1-21-14-9-12(18(19)20)5-6-13(14)25-10-11-7-15(22-2)17(24-4)16(8-11)23-3/h5-9H,10H2,1-4H3,(H3,19,20). The lowest BCUT2D eigenvalue weighted by Crippen LogP contribution is -2.11. The molecule has 0 bridgehead atoms. The number of nitrogen functional groups attached to an aromatic ring is 1. The van der Waals surface area contributed by atoms with E-state index in [1.54, 1.807) is 39.5 Å². The smallest absolute Gasteiger partial charge is 0.203 e. The van der Waals surface area contributed by atoms with E-state index in [0.717, 1.165) is 5.56 Å². The average molecular weight is 346 g/mol. The van der Waals surface area contributed by atoms with Crippen molar-refractivity contribution in [1.29, 1.82) is 5.41 Å². The van der Waals surface area contributed by atoms with Crippen LogP contribution < -0.4 is 29.4 Å². The largest absolute Gasteiger partial charge is 0.493 e. The van der Waals surface area contributed by atoms with Crippen molar-refractivity contribution in [2.45, 2.75) is 6.61 Å². The minimum atomic E-state index is -0.0329. The number of nitrogens with two attached hydrogens (primary N) is 1. The van der Waals surface area contributed by atoms with Crippen LogP contribution in [0.2, 0.25) is 0 Å². The first-order chi connectivity index (χ1) is 12.0. The number of nitrogens with one attached hydrogen (secondary N) is 1. The Bertz CT molecular complexity index is 736. The fourth-order valence-electron chi connectivity index (χ4n) is 2.33. The maximum absolute atomic E-state index is 7.48. The number of methoxy groups -OCH3 is 4. The molecular weight excluding hydrogens is 324 g/mol. The highest BCUT2D eigenvalue weighted by molar-refractivity contribution is 5.95. The molecule has 0 aliphatic carbocycles. The highest BCUT2D eigenvalue weighted by Crippen LogP contribution is 2.38. The minimum absolute atomic E-state index is 0.0329. The van der Waals surface area contributed by atoms with Gasteiger partial charge in [0.25, 0.3) is 0 Å². The quantitative estimate of drug-likeness (QED) is 0.563. The van der Waals surface area contributed by atoms with Gasteiger partial charge in [-0.2, -0.15) is 0 Å². The Morgan fingerprint density at radius 3 is 1.92 bits per heavy atom. The van der Waals surface area contributed by atoms with Gasteiger partial charge in [0.2, 0.25) is 5.75 Å². The van der Waals surface area contributed by atoms with Gasteiger partial charge in [-0.1, -0.05) is 0 Å². The van der Waals surface area contributed by atoms with Gasteiger partial charge in [0.15, 0.2) is 23.0 Å². The van der Waals surface area contributed by atoms with Crippen molar-refractivity contribution in [3.63, 3.8) is 0 Å². The van der Waals surface area contributed by atoms with Crippen LogP contribution >= 0.6 is 0 Å². The Hall–Kier alpha value is -3.09. The van der Waals surface area contributed by atoms with Crippen LogP contribution in [0.15, 0.2) is 30.3 Å². The summed E-state index contributed by atoms with van der Waals surface area (Å²) in [6.07, 6.45) is 0. The number of hydrogen-bond acceptors (Lipinski definition) is 6. The van der Waals surface area contributed by atoms with Crippen LogP contribution in [0.1, 0.15) is 11.1 Å². The van der Waals surface area contributed by atoms with Crippen molar-refractivity contribution in [3.8, 4) is 28.7 Å². The fourth-order valence-corrected chi connectivity index (χ4v) is 2.33. The summed E-state index contributed by atoms with van der Waals surface area (Å²) in [4.78, 5) is 0. The molecule has 25 heavy (non-hydrogen) atoms. The topological polar surface area (TPSA) is 96.0 Å². The molecule has 0 amide bonds. The van der Waals surface area contributed by atoms with Crippen LogP contribution in [0, 0.1) is 5.41 Å². The number of benzene rings is 2. The van der Waals surface area contributed by atoms with Crippen LogP contribution in [0.4, 0.5) is 0 Å². The van der Waals surface area contributed by atoms with Crippen molar-refractivity contribution < 1.29 is 23.7 Å². The number of ether oxygens (including phenoxy) is 5. The lowest BCUT2D eigenvalue weighted by Gasteiger charge is -2.15. The maximum atomic E-state index is 7.48. The van der Waals surface area contributed by atoms with Gasteiger partial charge in [-0.3, -0.25) is 5.41 Å². The molecule has 134 valence electrons. The van der Waals surface area contributed by atoms with E-state index in [0.29, 0.717) is 34.3 Å². The second-order valence-electron chi connectivity index (χ2n) is 5.10. The van der Waals surface area contributed by atoms with Crippen LogP contribution in [-0.4, -0.2) is 34.3 Å². The summed E-state index contributed by atoms with van der Waals surface area (Å²) in [6.45, 7) is 0.270. The first-order valence-electron chi connectivity index (χ1n) is 7.48. The predicted molar refractivity (Wildman–Crippen MR) is 94.4 cm³/mol. The third-order valence-electron chi connectivity index (χ3n) is 3.59. The molecule has 2 rings (SSSR count). The molecule has 0 fully saturated rings. The number of amidine groups is 1. The normalized spacial score (nSPS) is 10.1. The molecule has 2 aromatic rings. The van der Waals surface area contributed by atoms with E-state index in [1.165, 1.54) is 7.11 Å². The number of rotatable bonds is 8. The van der Waals surface area contributed by atoms with Gasteiger partial charge < -0.3 is 29.4 Å². The minimum Gasteiger partial charge on any atom is -0.493 e. The summed E-state index contributed by atoms with van der Waals surface area (Å²) in [5.41, 5.74) is 6.90. The molecule has 0 atom stereocenters. The fraction of sp³-hybridized carbons (Fsp3) is 0.278. The molecule has 0 aromatic heterocycles. The molecule has 7 nitrogen and oxygen atoms in total. The highest BCUT2D eigenvalue weighted by atomic mass is 16.5. The second-order valence-corrected chi connectivity index (χ2v) is 5.10. The first kappa shape index (κ1) is 18.3. The van der Waals surface area contributed by atoms with Gasteiger partial charge in [-0.05, 0) is 35.9 Å². The summed E-state index contributed by atoms with van der Waals surface area (Å²) in [7, 11) is 6.21. The molecular formula is C18H22N2O5. The Morgan fingerprint density at radius 1 is 0.840 bits per heavy atom. The van der Waals surface area contributed by atoms with Gasteiger partial charge in [0.1, 0.15) is 12.4 Å². The zero-order valence-electron chi connectivity index (χ0n) is 14.7. The Kier molecular flexibility index (Phi) is 5.94. The van der Waals surface area contributed by atoms with E-state index >= 15 is 0 Å². The summed E-state index contributed by atoms with van der Waals surface area (Å²) < 4.78 is 27.1. The van der Waals surface area contributed by atoms with E-state index in [4.69, 9.17) is 34.8 Å². The summed E-state index contributed by atoms with van der Waals surface area (Å²) >= 11 is 0. The highest BCUT2D eigenvalue weighted by Gasteiger charge is 2.14. The van der Waals surface area contributed by atoms with Crippen molar-refractivity contribution in [1.82, 2.24) is 0 Å². The predicted octanol–water partition coefficient (Wildman–Crippen LogP) is 2.58. The molecule has 7 heteroatoms.